The fraction of sp³-hybridized carbons (Fsp3) is 0.240. The molecule has 0 bridgehead atoms. The average molecular weight is 494 g/mol. The van der Waals surface area contributed by atoms with Gasteiger partial charge in [-0.1, -0.05) is 12.1 Å². The molecule has 35 heavy (non-hydrogen) atoms. The maximum Gasteiger partial charge on any atom is 0.410 e. The summed E-state index contributed by atoms with van der Waals surface area (Å²) in [7, 11) is 0. The van der Waals surface area contributed by atoms with Crippen molar-refractivity contribution in [2.24, 2.45) is 0 Å². The smallest absolute Gasteiger partial charge is 0.410 e. The quantitative estimate of drug-likeness (QED) is 0.309. The normalized spacial score (nSPS) is 16.8. The second-order valence-corrected chi connectivity index (χ2v) is 9.08. The molecule has 0 unspecified atom stereocenters. The largest absolute Gasteiger partial charge is 0.465 e. The van der Waals surface area contributed by atoms with E-state index in [0.29, 0.717) is 43.2 Å². The van der Waals surface area contributed by atoms with Gasteiger partial charge in [-0.3, -0.25) is 4.79 Å². The zero-order chi connectivity index (χ0) is 24.4. The molecule has 2 aliphatic heterocycles. The number of nitrogens with zero attached hydrogens (tertiary/aromatic N) is 1. The number of esters is 1. The predicted molar refractivity (Wildman–Crippen MR) is 129 cm³/mol. The molecule has 2 aliphatic rings. The van der Waals surface area contributed by atoms with E-state index in [-0.39, 0.29) is 12.0 Å². The zero-order valence-electron chi connectivity index (χ0n) is 18.9. The number of fused-ring (bicyclic) bond motifs is 3. The third kappa shape index (κ3) is 4.78. The molecular formula is C25H23N3O6S. The van der Waals surface area contributed by atoms with E-state index in [9.17, 15) is 14.4 Å². The highest BCUT2D eigenvalue weighted by Crippen LogP contribution is 2.41. The van der Waals surface area contributed by atoms with Gasteiger partial charge in [-0.2, -0.15) is 0 Å². The van der Waals surface area contributed by atoms with E-state index in [2.05, 4.69) is 10.6 Å². The standard InChI is InChI=1S/C25H23N3O6S/c1-2-32-25(31)28-11-10-18-19(14-28)35-24-21(18)23(30)26-22(27-24)15-5-3-6-17(13-15)34-20(29)9-8-16-7-4-12-33-16/h3-9,12-13,22,27H,2,10-11,14H2,1H3,(H,26,30)/b9-8+/t22-/m1/s1. The first-order chi connectivity index (χ1) is 17.0. The highest BCUT2D eigenvalue weighted by Gasteiger charge is 2.34. The summed E-state index contributed by atoms with van der Waals surface area (Å²) in [5.74, 6) is 0.187. The monoisotopic (exact) mass is 493 g/mol. The van der Waals surface area contributed by atoms with Crippen LogP contribution in [0, 0.1) is 0 Å². The van der Waals surface area contributed by atoms with Gasteiger partial charge in [0.25, 0.3) is 5.91 Å². The molecule has 0 saturated heterocycles. The van der Waals surface area contributed by atoms with Crippen molar-refractivity contribution >= 4 is 40.4 Å². The fourth-order valence-corrected chi connectivity index (χ4v) is 5.39. The topological polar surface area (TPSA) is 110 Å². The number of thiophene rings is 1. The molecule has 1 atom stereocenters. The van der Waals surface area contributed by atoms with E-state index in [0.717, 1.165) is 21.0 Å². The van der Waals surface area contributed by atoms with Crippen molar-refractivity contribution in [2.45, 2.75) is 26.1 Å². The van der Waals surface area contributed by atoms with E-state index in [1.807, 2.05) is 6.07 Å². The number of benzene rings is 1. The summed E-state index contributed by atoms with van der Waals surface area (Å²) in [5.41, 5.74) is 2.35. The molecule has 5 rings (SSSR count). The molecule has 0 fully saturated rings. The van der Waals surface area contributed by atoms with Crippen LogP contribution in [0.4, 0.5) is 9.80 Å². The Balaban J connectivity index is 1.30. The summed E-state index contributed by atoms with van der Waals surface area (Å²) >= 11 is 1.47. The van der Waals surface area contributed by atoms with Crippen LogP contribution in [0.25, 0.3) is 6.08 Å². The van der Waals surface area contributed by atoms with Crippen molar-refractivity contribution in [1.82, 2.24) is 10.2 Å². The number of anilines is 1. The van der Waals surface area contributed by atoms with Crippen molar-refractivity contribution in [1.29, 1.82) is 0 Å². The van der Waals surface area contributed by atoms with Crippen LogP contribution in [-0.2, 0) is 22.5 Å². The van der Waals surface area contributed by atoms with Crippen molar-refractivity contribution in [3.63, 3.8) is 0 Å². The molecule has 4 heterocycles. The van der Waals surface area contributed by atoms with Crippen LogP contribution in [0.2, 0.25) is 0 Å². The minimum absolute atomic E-state index is 0.172. The number of rotatable bonds is 5. The lowest BCUT2D eigenvalue weighted by Gasteiger charge is -2.28. The van der Waals surface area contributed by atoms with Crippen LogP contribution >= 0.6 is 11.3 Å². The number of furan rings is 1. The van der Waals surface area contributed by atoms with E-state index in [1.165, 1.54) is 29.8 Å². The Morgan fingerprint density at radius 3 is 2.94 bits per heavy atom. The molecule has 2 aromatic heterocycles. The molecule has 9 nitrogen and oxygen atoms in total. The Morgan fingerprint density at radius 2 is 2.14 bits per heavy atom. The maximum absolute atomic E-state index is 13.0. The van der Waals surface area contributed by atoms with Gasteiger partial charge < -0.3 is 29.4 Å². The third-order valence-corrected chi connectivity index (χ3v) is 6.85. The lowest BCUT2D eigenvalue weighted by atomic mass is 10.0. The van der Waals surface area contributed by atoms with Crippen LogP contribution in [-0.4, -0.2) is 36.0 Å². The van der Waals surface area contributed by atoms with Gasteiger partial charge in [0.05, 0.1) is 25.0 Å². The summed E-state index contributed by atoms with van der Waals surface area (Å²) in [6.07, 6.45) is 4.09. The molecule has 180 valence electrons. The first-order valence-corrected chi connectivity index (χ1v) is 12.0. The number of hydrogen-bond donors (Lipinski definition) is 2. The molecule has 0 saturated carbocycles. The van der Waals surface area contributed by atoms with Crippen LogP contribution in [0.3, 0.4) is 0 Å². The number of carbonyl (C=O) groups excluding carboxylic acids is 3. The van der Waals surface area contributed by atoms with Gasteiger partial charge in [0, 0.05) is 17.5 Å². The minimum atomic E-state index is -0.543. The maximum atomic E-state index is 13.0. The molecule has 0 aliphatic carbocycles. The van der Waals surface area contributed by atoms with Crippen molar-refractivity contribution in [2.75, 3.05) is 18.5 Å². The van der Waals surface area contributed by atoms with E-state index in [1.54, 1.807) is 42.2 Å². The Labute approximate surface area is 205 Å². The SMILES string of the molecule is CCOC(=O)N1CCc2c(sc3c2C(=O)N[C@@H](c2cccc(OC(=O)/C=C/c4ccco4)c2)N3)C1. The van der Waals surface area contributed by atoms with Gasteiger partial charge in [0.1, 0.15) is 22.7 Å². The summed E-state index contributed by atoms with van der Waals surface area (Å²) in [6, 6.07) is 10.4. The highest BCUT2D eigenvalue weighted by atomic mass is 32.1. The third-order valence-electron chi connectivity index (χ3n) is 5.70. The van der Waals surface area contributed by atoms with Crippen LogP contribution in [0.5, 0.6) is 5.75 Å². The number of nitrogens with one attached hydrogen (secondary N) is 2. The van der Waals surface area contributed by atoms with E-state index in [4.69, 9.17) is 13.9 Å². The summed E-state index contributed by atoms with van der Waals surface area (Å²) in [4.78, 5) is 40.0. The van der Waals surface area contributed by atoms with Crippen LogP contribution in [0.15, 0.2) is 53.2 Å². The molecule has 10 heteroatoms. The first-order valence-electron chi connectivity index (χ1n) is 11.2. The first kappa shape index (κ1) is 22.7. The van der Waals surface area contributed by atoms with Gasteiger partial charge in [-0.25, -0.2) is 9.59 Å². The van der Waals surface area contributed by atoms with E-state index < -0.39 is 12.1 Å². The summed E-state index contributed by atoms with van der Waals surface area (Å²) < 4.78 is 15.7. The predicted octanol–water partition coefficient (Wildman–Crippen LogP) is 4.33. The van der Waals surface area contributed by atoms with Crippen molar-refractivity contribution in [3.8, 4) is 5.75 Å². The van der Waals surface area contributed by atoms with Gasteiger partial charge >= 0.3 is 12.1 Å². The van der Waals surface area contributed by atoms with E-state index >= 15 is 0 Å². The molecule has 0 spiro atoms. The second-order valence-electron chi connectivity index (χ2n) is 7.97. The van der Waals surface area contributed by atoms with Gasteiger partial charge in [0.15, 0.2) is 0 Å². The Bertz CT molecular complexity index is 1300. The second kappa shape index (κ2) is 9.67. The number of carbonyl (C=O) groups is 3. The number of ether oxygens (including phenoxy) is 2. The van der Waals surface area contributed by atoms with Crippen LogP contribution in [0.1, 0.15) is 45.2 Å². The lowest BCUT2D eigenvalue weighted by molar-refractivity contribution is -0.128. The Morgan fingerprint density at radius 1 is 1.26 bits per heavy atom. The fourth-order valence-electron chi connectivity index (χ4n) is 4.10. The van der Waals surface area contributed by atoms with Crippen molar-refractivity contribution in [3.05, 3.63) is 76.1 Å². The summed E-state index contributed by atoms with van der Waals surface area (Å²) in [5, 5.41) is 7.13. The molecular weight excluding hydrogens is 470 g/mol. The highest BCUT2D eigenvalue weighted by molar-refractivity contribution is 7.16. The molecule has 0 radical (unpaired) electrons. The average Bonchev–Trinajstić information content (AvgIpc) is 3.50. The summed E-state index contributed by atoms with van der Waals surface area (Å²) in [6.45, 7) is 3.03. The molecule has 2 N–H and O–H groups in total. The Hall–Kier alpha value is -4.05. The molecule has 2 amide bonds. The van der Waals surface area contributed by atoms with Crippen molar-refractivity contribution < 1.29 is 28.3 Å². The number of amides is 2. The minimum Gasteiger partial charge on any atom is -0.465 e. The number of hydrogen-bond acceptors (Lipinski definition) is 8. The van der Waals surface area contributed by atoms with Gasteiger partial charge in [-0.05, 0) is 54.8 Å². The van der Waals surface area contributed by atoms with Crippen LogP contribution < -0.4 is 15.4 Å². The molecule has 1 aromatic carbocycles. The lowest BCUT2D eigenvalue weighted by Crippen LogP contribution is -2.39. The van der Waals surface area contributed by atoms with Gasteiger partial charge in [0.2, 0.25) is 0 Å². The van der Waals surface area contributed by atoms with Gasteiger partial charge in [-0.15, -0.1) is 11.3 Å². The zero-order valence-corrected chi connectivity index (χ0v) is 19.7. The Kier molecular flexibility index (Phi) is 6.28. The molecule has 3 aromatic rings.